The van der Waals surface area contributed by atoms with E-state index < -0.39 is 0 Å². The molecule has 3 N–H and O–H groups in total. The standard InChI is InChI=1S/C25H29N11O2/c1-16-20(9-17(10-29-16)23(37)28-5-6-36-7-8-38-14-25(36)3-4-25)32-21-19-13-30-24(33-22(19)35(2)34-21)31-18-11-26-15-27-12-18/h9-13,15H,3-8,14H2,1-2H3,(H,28,37)(H,32,34)(H,30,31,33). The lowest BCUT2D eigenvalue weighted by atomic mass is 10.2. The van der Waals surface area contributed by atoms with Gasteiger partial charge >= 0.3 is 0 Å². The third-order valence-electron chi connectivity index (χ3n) is 7.04. The van der Waals surface area contributed by atoms with Gasteiger partial charge in [-0.25, -0.2) is 19.6 Å². The number of nitrogens with one attached hydrogen (secondary N) is 3. The minimum absolute atomic E-state index is 0.159. The number of nitrogens with zero attached hydrogens (tertiary/aromatic N) is 8. The second-order valence-corrected chi connectivity index (χ2v) is 9.66. The molecule has 2 aliphatic rings. The molecule has 0 bridgehead atoms. The molecule has 0 aromatic carbocycles. The molecule has 38 heavy (non-hydrogen) atoms. The number of ether oxygens (including phenoxy) is 1. The van der Waals surface area contributed by atoms with E-state index in [4.69, 9.17) is 4.74 Å². The van der Waals surface area contributed by atoms with Gasteiger partial charge in [0.1, 0.15) is 6.33 Å². The molecule has 13 nitrogen and oxygen atoms in total. The highest BCUT2D eigenvalue weighted by molar-refractivity contribution is 5.96. The second-order valence-electron chi connectivity index (χ2n) is 9.66. The Morgan fingerprint density at radius 2 is 1.97 bits per heavy atom. The van der Waals surface area contributed by atoms with Crippen molar-refractivity contribution in [2.45, 2.75) is 25.3 Å². The number of hydrogen-bond donors (Lipinski definition) is 3. The maximum Gasteiger partial charge on any atom is 0.252 e. The Morgan fingerprint density at radius 3 is 2.79 bits per heavy atom. The molecule has 1 aliphatic carbocycles. The molecule has 196 valence electrons. The van der Waals surface area contributed by atoms with Gasteiger partial charge in [0.25, 0.3) is 5.91 Å². The van der Waals surface area contributed by atoms with Crippen LogP contribution in [0.2, 0.25) is 0 Å². The van der Waals surface area contributed by atoms with Gasteiger partial charge in [0.2, 0.25) is 5.95 Å². The first kappa shape index (κ1) is 24.1. The van der Waals surface area contributed by atoms with Crippen molar-refractivity contribution in [2.75, 3.05) is 43.5 Å². The first-order valence-corrected chi connectivity index (χ1v) is 12.6. The van der Waals surface area contributed by atoms with Gasteiger partial charge in [0, 0.05) is 44.6 Å². The molecule has 6 rings (SSSR count). The van der Waals surface area contributed by atoms with E-state index in [1.54, 1.807) is 35.5 Å². The maximum absolute atomic E-state index is 12.9. The molecule has 4 aromatic heterocycles. The zero-order chi connectivity index (χ0) is 26.1. The molecule has 1 amide bonds. The highest BCUT2D eigenvalue weighted by atomic mass is 16.5. The van der Waals surface area contributed by atoms with E-state index >= 15 is 0 Å². The van der Waals surface area contributed by atoms with Crippen LogP contribution in [0.3, 0.4) is 0 Å². The first-order valence-electron chi connectivity index (χ1n) is 12.6. The van der Waals surface area contributed by atoms with Gasteiger partial charge in [-0.1, -0.05) is 0 Å². The van der Waals surface area contributed by atoms with Crippen LogP contribution in [-0.2, 0) is 11.8 Å². The normalized spacial score (nSPS) is 16.5. The molecule has 0 atom stereocenters. The van der Waals surface area contributed by atoms with Crippen LogP contribution in [0.4, 0.5) is 23.1 Å². The minimum Gasteiger partial charge on any atom is -0.378 e. The molecule has 13 heteroatoms. The van der Waals surface area contributed by atoms with Crippen LogP contribution < -0.4 is 16.0 Å². The van der Waals surface area contributed by atoms with Gasteiger partial charge in [-0.15, -0.1) is 0 Å². The topological polar surface area (TPSA) is 148 Å². The van der Waals surface area contributed by atoms with E-state index in [-0.39, 0.29) is 11.4 Å². The van der Waals surface area contributed by atoms with Gasteiger partial charge in [-0.3, -0.25) is 14.7 Å². The third kappa shape index (κ3) is 4.85. The Balaban J connectivity index is 1.14. The smallest absolute Gasteiger partial charge is 0.252 e. The van der Waals surface area contributed by atoms with Crippen LogP contribution in [0.5, 0.6) is 0 Å². The predicted octanol–water partition coefficient (Wildman–Crippen LogP) is 1.94. The predicted molar refractivity (Wildman–Crippen MR) is 141 cm³/mol. The summed E-state index contributed by atoms with van der Waals surface area (Å²) < 4.78 is 7.31. The molecule has 4 aromatic rings. The molecule has 1 spiro atoms. The first-order chi connectivity index (χ1) is 18.5. The van der Waals surface area contributed by atoms with Gasteiger partial charge in [-0.2, -0.15) is 10.1 Å². The van der Waals surface area contributed by atoms with Crippen LogP contribution in [0.25, 0.3) is 11.0 Å². The lowest BCUT2D eigenvalue weighted by Crippen LogP contribution is -2.50. The number of fused-ring (bicyclic) bond motifs is 1. The molecular formula is C25H29N11O2. The summed E-state index contributed by atoms with van der Waals surface area (Å²) in [6.07, 6.45) is 10.4. The van der Waals surface area contributed by atoms with Crippen molar-refractivity contribution in [1.29, 1.82) is 0 Å². The maximum atomic E-state index is 12.9. The van der Waals surface area contributed by atoms with E-state index in [9.17, 15) is 4.79 Å². The van der Waals surface area contributed by atoms with Gasteiger partial charge < -0.3 is 20.7 Å². The Hall–Kier alpha value is -4.23. The van der Waals surface area contributed by atoms with E-state index in [1.165, 1.54) is 19.2 Å². The van der Waals surface area contributed by atoms with Crippen molar-refractivity contribution < 1.29 is 9.53 Å². The van der Waals surface area contributed by atoms with Crippen molar-refractivity contribution in [1.82, 2.24) is 44.9 Å². The molecule has 0 radical (unpaired) electrons. The lowest BCUT2D eigenvalue weighted by Gasteiger charge is -2.36. The second kappa shape index (κ2) is 9.91. The fourth-order valence-corrected chi connectivity index (χ4v) is 4.72. The van der Waals surface area contributed by atoms with Crippen molar-refractivity contribution in [3.8, 4) is 0 Å². The van der Waals surface area contributed by atoms with Crippen molar-refractivity contribution in [2.24, 2.45) is 7.05 Å². The fourth-order valence-electron chi connectivity index (χ4n) is 4.72. The lowest BCUT2D eigenvalue weighted by molar-refractivity contribution is -0.0192. The highest BCUT2D eigenvalue weighted by Gasteiger charge is 2.49. The highest BCUT2D eigenvalue weighted by Crippen LogP contribution is 2.43. The molecule has 5 heterocycles. The van der Waals surface area contributed by atoms with E-state index in [1.807, 2.05) is 14.0 Å². The number of pyridine rings is 1. The zero-order valence-corrected chi connectivity index (χ0v) is 21.3. The van der Waals surface area contributed by atoms with Gasteiger partial charge in [0.05, 0.1) is 53.6 Å². The quantitative estimate of drug-likeness (QED) is 0.316. The Kier molecular flexibility index (Phi) is 6.29. The van der Waals surface area contributed by atoms with Gasteiger partial charge in [0.15, 0.2) is 11.5 Å². The molecule has 2 fully saturated rings. The molecule has 1 aliphatic heterocycles. The minimum atomic E-state index is -0.159. The van der Waals surface area contributed by atoms with Crippen LogP contribution >= 0.6 is 0 Å². The Morgan fingerprint density at radius 1 is 1.13 bits per heavy atom. The van der Waals surface area contributed by atoms with Crippen molar-refractivity contribution >= 4 is 40.1 Å². The van der Waals surface area contributed by atoms with Gasteiger partial charge in [-0.05, 0) is 25.8 Å². The van der Waals surface area contributed by atoms with Crippen LogP contribution in [0.15, 0.2) is 37.2 Å². The third-order valence-corrected chi connectivity index (χ3v) is 7.04. The number of hydrogen-bond acceptors (Lipinski definition) is 11. The summed E-state index contributed by atoms with van der Waals surface area (Å²) in [4.78, 5) is 36.8. The number of anilines is 4. The number of carbonyl (C=O) groups excluding carboxylic acids is 1. The average molecular weight is 516 g/mol. The summed E-state index contributed by atoms with van der Waals surface area (Å²) in [5.74, 6) is 0.818. The summed E-state index contributed by atoms with van der Waals surface area (Å²) in [6, 6.07) is 1.79. The molecule has 0 unspecified atom stereocenters. The number of aromatic nitrogens is 7. The number of aryl methyl sites for hydroxylation is 2. The van der Waals surface area contributed by atoms with Crippen LogP contribution in [-0.4, -0.2) is 83.9 Å². The van der Waals surface area contributed by atoms with E-state index in [0.717, 1.165) is 37.4 Å². The summed E-state index contributed by atoms with van der Waals surface area (Å²) >= 11 is 0. The summed E-state index contributed by atoms with van der Waals surface area (Å²) in [6.45, 7) is 5.72. The van der Waals surface area contributed by atoms with Crippen molar-refractivity contribution in [3.05, 3.63) is 48.4 Å². The number of carbonyl (C=O) groups is 1. The van der Waals surface area contributed by atoms with E-state index in [0.29, 0.717) is 40.9 Å². The molecule has 1 saturated carbocycles. The zero-order valence-electron chi connectivity index (χ0n) is 21.3. The van der Waals surface area contributed by atoms with Crippen molar-refractivity contribution in [3.63, 3.8) is 0 Å². The summed E-state index contributed by atoms with van der Waals surface area (Å²) in [5, 5.41) is 14.7. The molecular weight excluding hydrogens is 486 g/mol. The number of rotatable bonds is 8. The Labute approximate surface area is 219 Å². The largest absolute Gasteiger partial charge is 0.378 e. The number of morpholine rings is 1. The average Bonchev–Trinajstić information content (AvgIpc) is 3.63. The summed E-state index contributed by atoms with van der Waals surface area (Å²) in [5.41, 5.74) is 3.43. The van der Waals surface area contributed by atoms with E-state index in [2.05, 4.69) is 50.9 Å². The van der Waals surface area contributed by atoms with Crippen LogP contribution in [0.1, 0.15) is 28.9 Å². The SMILES string of the molecule is Cc1ncc(C(=O)NCCN2CCOCC23CC3)cc1Nc1nn(C)c2nc(Nc3cncnc3)ncc12. The molecule has 1 saturated heterocycles. The summed E-state index contributed by atoms with van der Waals surface area (Å²) in [7, 11) is 1.81. The Bertz CT molecular complexity index is 1470. The number of amides is 1. The fraction of sp³-hybridized carbons (Fsp3) is 0.400. The monoisotopic (exact) mass is 515 g/mol. The van der Waals surface area contributed by atoms with Crippen LogP contribution in [0, 0.1) is 6.92 Å².